The zero-order chi connectivity index (χ0) is 20.2. The second kappa shape index (κ2) is 13.2. The highest BCUT2D eigenvalue weighted by Gasteiger charge is 2.17. The van der Waals surface area contributed by atoms with Crippen LogP contribution in [-0.4, -0.2) is 17.4 Å². The number of allylic oxidation sites excluding steroid dienone is 6. The Hall–Kier alpha value is -1.12. The zero-order valence-corrected chi connectivity index (χ0v) is 18.5. The van der Waals surface area contributed by atoms with E-state index in [-0.39, 0.29) is 0 Å². The molecule has 0 radical (unpaired) electrons. The van der Waals surface area contributed by atoms with E-state index >= 15 is 0 Å². The fraction of sp³-hybridized carbons (Fsp3) is 0.704. The van der Waals surface area contributed by atoms with Gasteiger partial charge < -0.3 is 5.11 Å². The molecule has 29 heavy (non-hydrogen) atoms. The molecule has 3 aliphatic carbocycles. The van der Waals surface area contributed by atoms with Gasteiger partial charge in [-0.1, -0.05) is 114 Å². The van der Waals surface area contributed by atoms with Crippen LogP contribution in [-0.2, 0) is 0 Å². The molecular formula is C27H43NO. The Morgan fingerprint density at radius 1 is 0.655 bits per heavy atom. The second-order valence-corrected chi connectivity index (χ2v) is 9.41. The van der Waals surface area contributed by atoms with Gasteiger partial charge in [-0.3, -0.25) is 5.32 Å². The highest BCUT2D eigenvalue weighted by atomic mass is 16.3. The van der Waals surface area contributed by atoms with Crippen molar-refractivity contribution in [3.63, 3.8) is 0 Å². The van der Waals surface area contributed by atoms with E-state index in [0.29, 0.717) is 12.0 Å². The van der Waals surface area contributed by atoms with Crippen molar-refractivity contribution in [3.05, 3.63) is 47.6 Å². The van der Waals surface area contributed by atoms with E-state index in [1.165, 1.54) is 108 Å². The van der Waals surface area contributed by atoms with Crippen molar-refractivity contribution in [1.29, 1.82) is 0 Å². The molecule has 1 atom stereocenters. The topological polar surface area (TPSA) is 32.3 Å². The molecule has 2 N–H and O–H groups in total. The van der Waals surface area contributed by atoms with Gasteiger partial charge in [0.1, 0.15) is 6.23 Å². The average molecular weight is 398 g/mol. The van der Waals surface area contributed by atoms with Gasteiger partial charge in [-0.05, 0) is 42.7 Å². The van der Waals surface area contributed by atoms with E-state index in [4.69, 9.17) is 0 Å². The van der Waals surface area contributed by atoms with Gasteiger partial charge in [0, 0.05) is 6.04 Å². The number of rotatable bonds is 4. The quantitative estimate of drug-likeness (QED) is 0.495. The van der Waals surface area contributed by atoms with E-state index in [1.807, 2.05) is 0 Å². The Labute approximate surface area is 179 Å². The number of hydrogen-bond acceptors (Lipinski definition) is 2. The monoisotopic (exact) mass is 397 g/mol. The first-order valence-electron chi connectivity index (χ1n) is 12.5. The molecule has 0 aromatic rings. The summed E-state index contributed by atoms with van der Waals surface area (Å²) in [7, 11) is 0. The Bertz CT molecular complexity index is 565. The van der Waals surface area contributed by atoms with Gasteiger partial charge in [0.25, 0.3) is 0 Å². The van der Waals surface area contributed by atoms with E-state index in [0.717, 1.165) is 5.57 Å². The lowest BCUT2D eigenvalue weighted by atomic mass is 9.88. The predicted molar refractivity (Wildman–Crippen MR) is 125 cm³/mol. The molecule has 2 saturated carbocycles. The SMILES string of the molecule is OC(NC1CCCCCCCC1)C1=C/C=C(C2CCCCCCCC2)\C=C/C=C\1. The predicted octanol–water partition coefficient (Wildman–Crippen LogP) is 7.13. The van der Waals surface area contributed by atoms with Gasteiger partial charge in [-0.15, -0.1) is 0 Å². The minimum absolute atomic E-state index is 0.441. The van der Waals surface area contributed by atoms with Gasteiger partial charge >= 0.3 is 0 Å². The van der Waals surface area contributed by atoms with Crippen LogP contribution in [0.5, 0.6) is 0 Å². The molecule has 0 aromatic carbocycles. The van der Waals surface area contributed by atoms with Crippen LogP contribution in [0.3, 0.4) is 0 Å². The van der Waals surface area contributed by atoms with E-state index < -0.39 is 6.23 Å². The fourth-order valence-electron chi connectivity index (χ4n) is 5.18. The smallest absolute Gasteiger partial charge is 0.131 e. The van der Waals surface area contributed by atoms with Gasteiger partial charge in [-0.25, -0.2) is 0 Å². The number of aliphatic hydroxyl groups excluding tert-OH is 1. The minimum atomic E-state index is -0.568. The molecule has 162 valence electrons. The van der Waals surface area contributed by atoms with Crippen LogP contribution in [0.1, 0.15) is 103 Å². The van der Waals surface area contributed by atoms with E-state index in [1.54, 1.807) is 0 Å². The van der Waals surface area contributed by atoms with Crippen LogP contribution in [0, 0.1) is 5.92 Å². The third-order valence-corrected chi connectivity index (χ3v) is 7.05. The summed E-state index contributed by atoms with van der Waals surface area (Å²) < 4.78 is 0. The highest BCUT2D eigenvalue weighted by Crippen LogP contribution is 2.29. The summed E-state index contributed by atoms with van der Waals surface area (Å²) >= 11 is 0. The average Bonchev–Trinajstić information content (AvgIpc) is 2.91. The van der Waals surface area contributed by atoms with Crippen LogP contribution in [0.15, 0.2) is 47.6 Å². The van der Waals surface area contributed by atoms with Crippen molar-refractivity contribution in [1.82, 2.24) is 5.32 Å². The molecule has 0 heterocycles. The summed E-state index contributed by atoms with van der Waals surface area (Å²) in [5, 5.41) is 14.4. The molecule has 2 nitrogen and oxygen atoms in total. The van der Waals surface area contributed by atoms with Gasteiger partial charge in [0.05, 0.1) is 0 Å². The van der Waals surface area contributed by atoms with Gasteiger partial charge in [-0.2, -0.15) is 0 Å². The number of hydrogen-bond donors (Lipinski definition) is 2. The van der Waals surface area contributed by atoms with E-state index in [9.17, 15) is 5.11 Å². The molecule has 0 spiro atoms. The molecule has 0 saturated heterocycles. The van der Waals surface area contributed by atoms with Crippen LogP contribution in [0.2, 0.25) is 0 Å². The Morgan fingerprint density at radius 2 is 1.17 bits per heavy atom. The lowest BCUT2D eigenvalue weighted by molar-refractivity contribution is 0.153. The highest BCUT2D eigenvalue weighted by molar-refractivity contribution is 5.38. The maximum absolute atomic E-state index is 10.9. The van der Waals surface area contributed by atoms with Crippen LogP contribution < -0.4 is 5.32 Å². The second-order valence-electron chi connectivity index (χ2n) is 9.41. The Balaban J connectivity index is 1.63. The summed E-state index contributed by atoms with van der Waals surface area (Å²) in [4.78, 5) is 0. The van der Waals surface area contributed by atoms with Crippen molar-refractivity contribution in [2.45, 2.75) is 115 Å². The van der Waals surface area contributed by atoms with Crippen molar-refractivity contribution < 1.29 is 5.11 Å². The van der Waals surface area contributed by atoms with Crippen molar-refractivity contribution in [2.75, 3.05) is 0 Å². The van der Waals surface area contributed by atoms with Crippen LogP contribution in [0.25, 0.3) is 0 Å². The van der Waals surface area contributed by atoms with Crippen LogP contribution >= 0.6 is 0 Å². The number of nitrogens with one attached hydrogen (secondary N) is 1. The molecule has 1 unspecified atom stereocenters. The minimum Gasteiger partial charge on any atom is -0.374 e. The summed E-state index contributed by atoms with van der Waals surface area (Å²) in [6, 6.07) is 0.441. The van der Waals surface area contributed by atoms with E-state index in [2.05, 4.69) is 41.8 Å². The maximum atomic E-state index is 10.9. The molecule has 3 aliphatic rings. The fourth-order valence-corrected chi connectivity index (χ4v) is 5.18. The maximum Gasteiger partial charge on any atom is 0.131 e. The molecule has 2 fully saturated rings. The Morgan fingerprint density at radius 3 is 1.79 bits per heavy atom. The molecule has 3 rings (SSSR count). The summed E-state index contributed by atoms with van der Waals surface area (Å²) in [6.45, 7) is 0. The van der Waals surface area contributed by atoms with Crippen LogP contribution in [0.4, 0.5) is 0 Å². The van der Waals surface area contributed by atoms with Crippen molar-refractivity contribution in [2.24, 2.45) is 5.92 Å². The first-order valence-corrected chi connectivity index (χ1v) is 12.5. The molecule has 0 aliphatic heterocycles. The summed E-state index contributed by atoms with van der Waals surface area (Å²) in [6.07, 6.45) is 33.8. The summed E-state index contributed by atoms with van der Waals surface area (Å²) in [5.41, 5.74) is 2.44. The summed E-state index contributed by atoms with van der Waals surface area (Å²) in [5.74, 6) is 0.674. The normalized spacial score (nSPS) is 30.9. The molecule has 0 bridgehead atoms. The standard InChI is InChI=1S/C27H43NO/c29-27(28-26-19-11-7-3-4-8-12-20-26)25-18-14-13-17-24(21-22-25)23-15-9-5-1-2-6-10-16-23/h13-14,17-18,21-23,26-29H,1-12,15-16,19-20H2/b14-13?,17-13-,18-14-,22-21?,24-17?,24-21+,25-18?,25-22+. The third kappa shape index (κ3) is 8.26. The van der Waals surface area contributed by atoms with Gasteiger partial charge in [0.2, 0.25) is 0 Å². The first-order chi connectivity index (χ1) is 14.3. The zero-order valence-electron chi connectivity index (χ0n) is 18.5. The Kier molecular flexibility index (Phi) is 10.3. The lowest BCUT2D eigenvalue weighted by Crippen LogP contribution is -2.39. The van der Waals surface area contributed by atoms with Crippen molar-refractivity contribution in [3.8, 4) is 0 Å². The first kappa shape index (κ1) is 22.6. The molecule has 0 aromatic heterocycles. The molecule has 2 heteroatoms. The lowest BCUT2D eigenvalue weighted by Gasteiger charge is -2.23. The third-order valence-electron chi connectivity index (χ3n) is 7.05. The largest absolute Gasteiger partial charge is 0.374 e. The molecular weight excluding hydrogens is 354 g/mol. The number of aliphatic hydroxyl groups is 1. The molecule has 0 amide bonds. The van der Waals surface area contributed by atoms with Gasteiger partial charge in [0.15, 0.2) is 0 Å². The van der Waals surface area contributed by atoms with Crippen molar-refractivity contribution >= 4 is 0 Å².